The standard InChI is InChI=1S/C69H135NO5/c1-3-5-7-9-11-13-15-17-18-19-20-21-22-23-26-29-32-35-38-41-45-49-53-57-61-67(72)66(65-71)70-68(73)62-58-54-50-46-42-39-36-33-30-27-24-25-28-31-34-37-40-44-48-52-56-60-64-75-69(74)63-59-55-51-47-43-16-14-12-10-8-6-4-2/h12,14,66-67,71-72H,3-11,13,15-65H2,1-2H3,(H,70,73)/b14-12-. The van der Waals surface area contributed by atoms with E-state index in [1.54, 1.807) is 0 Å². The van der Waals surface area contributed by atoms with Gasteiger partial charge in [-0.2, -0.15) is 0 Å². The van der Waals surface area contributed by atoms with E-state index in [1.807, 2.05) is 0 Å². The summed E-state index contributed by atoms with van der Waals surface area (Å²) >= 11 is 0. The van der Waals surface area contributed by atoms with Gasteiger partial charge in [0.1, 0.15) is 0 Å². The number of nitrogens with one attached hydrogen (secondary N) is 1. The second-order valence-electron chi connectivity index (χ2n) is 23.9. The van der Waals surface area contributed by atoms with Gasteiger partial charge in [-0.25, -0.2) is 0 Å². The van der Waals surface area contributed by atoms with Crippen LogP contribution in [0.15, 0.2) is 12.2 Å². The van der Waals surface area contributed by atoms with Crippen LogP contribution in [0.4, 0.5) is 0 Å². The van der Waals surface area contributed by atoms with E-state index in [-0.39, 0.29) is 18.5 Å². The lowest BCUT2D eigenvalue weighted by Crippen LogP contribution is -2.45. The number of carbonyl (C=O) groups is 2. The maximum Gasteiger partial charge on any atom is 0.305 e. The van der Waals surface area contributed by atoms with Crippen LogP contribution in [0.5, 0.6) is 0 Å². The first-order chi connectivity index (χ1) is 37.0. The number of hydrogen-bond acceptors (Lipinski definition) is 5. The van der Waals surface area contributed by atoms with Gasteiger partial charge in [0.25, 0.3) is 0 Å². The smallest absolute Gasteiger partial charge is 0.305 e. The Bertz CT molecular complexity index is 1130. The summed E-state index contributed by atoms with van der Waals surface area (Å²) < 4.78 is 5.47. The van der Waals surface area contributed by atoms with Crippen LogP contribution < -0.4 is 5.32 Å². The maximum atomic E-state index is 12.6. The minimum absolute atomic E-state index is 0.00430. The predicted octanol–water partition coefficient (Wildman–Crippen LogP) is 22.0. The van der Waals surface area contributed by atoms with E-state index in [2.05, 4.69) is 31.3 Å². The Balaban J connectivity index is 3.38. The highest BCUT2D eigenvalue weighted by Crippen LogP contribution is 2.19. The number of allylic oxidation sites excluding steroid dienone is 2. The highest BCUT2D eigenvalue weighted by molar-refractivity contribution is 5.76. The summed E-state index contributed by atoms with van der Waals surface area (Å²) in [5.41, 5.74) is 0. The van der Waals surface area contributed by atoms with Gasteiger partial charge in [-0.15, -0.1) is 0 Å². The molecule has 0 aliphatic heterocycles. The molecule has 0 saturated carbocycles. The number of esters is 1. The predicted molar refractivity (Wildman–Crippen MR) is 329 cm³/mol. The van der Waals surface area contributed by atoms with E-state index in [1.165, 1.54) is 315 Å². The topological polar surface area (TPSA) is 95.9 Å². The summed E-state index contributed by atoms with van der Waals surface area (Å²) in [5.74, 6) is -0.0258. The van der Waals surface area contributed by atoms with E-state index in [0.29, 0.717) is 25.9 Å². The first-order valence-electron chi connectivity index (χ1n) is 34.4. The Labute approximate surface area is 469 Å². The first kappa shape index (κ1) is 73.6. The van der Waals surface area contributed by atoms with Gasteiger partial charge in [-0.1, -0.05) is 341 Å². The number of unbranched alkanes of at least 4 members (excludes halogenated alkanes) is 52. The van der Waals surface area contributed by atoms with Gasteiger partial charge in [-0.3, -0.25) is 9.59 Å². The fourth-order valence-corrected chi connectivity index (χ4v) is 11.1. The molecule has 1 amide bonds. The summed E-state index contributed by atoms with van der Waals surface area (Å²) in [6, 6.07) is -0.542. The van der Waals surface area contributed by atoms with Crippen LogP contribution in [0.25, 0.3) is 0 Å². The summed E-state index contributed by atoms with van der Waals surface area (Å²) in [7, 11) is 0. The second kappa shape index (κ2) is 65.1. The largest absolute Gasteiger partial charge is 0.466 e. The third kappa shape index (κ3) is 61.7. The Morgan fingerprint density at radius 1 is 0.360 bits per heavy atom. The number of carbonyl (C=O) groups excluding carboxylic acids is 2. The van der Waals surface area contributed by atoms with Crippen molar-refractivity contribution in [1.82, 2.24) is 5.32 Å². The number of ether oxygens (including phenoxy) is 1. The Kier molecular flexibility index (Phi) is 63.9. The monoisotopic (exact) mass is 1060 g/mol. The number of aliphatic hydroxyl groups is 2. The lowest BCUT2D eigenvalue weighted by molar-refractivity contribution is -0.143. The van der Waals surface area contributed by atoms with Gasteiger partial charge >= 0.3 is 5.97 Å². The first-order valence-corrected chi connectivity index (χ1v) is 34.4. The molecule has 0 aliphatic carbocycles. The number of aliphatic hydroxyl groups excluding tert-OH is 2. The van der Waals surface area contributed by atoms with Crippen molar-refractivity contribution in [3.05, 3.63) is 12.2 Å². The molecule has 0 aliphatic rings. The van der Waals surface area contributed by atoms with Gasteiger partial charge in [0, 0.05) is 12.8 Å². The third-order valence-electron chi connectivity index (χ3n) is 16.3. The van der Waals surface area contributed by atoms with Crippen molar-refractivity contribution >= 4 is 11.9 Å². The molecule has 0 bridgehead atoms. The highest BCUT2D eigenvalue weighted by atomic mass is 16.5. The molecule has 0 aromatic carbocycles. The van der Waals surface area contributed by atoms with E-state index in [9.17, 15) is 19.8 Å². The van der Waals surface area contributed by atoms with Crippen molar-refractivity contribution in [3.8, 4) is 0 Å². The van der Waals surface area contributed by atoms with Crippen molar-refractivity contribution in [2.75, 3.05) is 13.2 Å². The van der Waals surface area contributed by atoms with E-state index >= 15 is 0 Å². The van der Waals surface area contributed by atoms with Crippen molar-refractivity contribution in [2.24, 2.45) is 0 Å². The maximum absolute atomic E-state index is 12.6. The highest BCUT2D eigenvalue weighted by Gasteiger charge is 2.20. The van der Waals surface area contributed by atoms with Gasteiger partial charge in [0.2, 0.25) is 5.91 Å². The number of rotatable bonds is 65. The molecular formula is C69H135NO5. The normalized spacial score (nSPS) is 12.5. The molecule has 0 aromatic heterocycles. The van der Waals surface area contributed by atoms with Crippen LogP contribution >= 0.6 is 0 Å². The van der Waals surface area contributed by atoms with Crippen LogP contribution in [0.3, 0.4) is 0 Å². The molecule has 75 heavy (non-hydrogen) atoms. The van der Waals surface area contributed by atoms with Gasteiger partial charge in [0.05, 0.1) is 25.4 Å². The van der Waals surface area contributed by atoms with Crippen LogP contribution in [0.1, 0.15) is 393 Å². The van der Waals surface area contributed by atoms with E-state index in [0.717, 1.165) is 44.9 Å². The van der Waals surface area contributed by atoms with Crippen molar-refractivity contribution < 1.29 is 24.5 Å². The minimum atomic E-state index is -0.665. The zero-order chi connectivity index (χ0) is 54.3. The lowest BCUT2D eigenvalue weighted by atomic mass is 10.0. The van der Waals surface area contributed by atoms with Gasteiger partial charge in [-0.05, 0) is 51.4 Å². The van der Waals surface area contributed by atoms with Crippen molar-refractivity contribution in [3.63, 3.8) is 0 Å². The van der Waals surface area contributed by atoms with Crippen LogP contribution in [-0.4, -0.2) is 47.4 Å². The molecule has 446 valence electrons. The molecule has 2 atom stereocenters. The quantitative estimate of drug-likeness (QED) is 0.0320. The Morgan fingerprint density at radius 2 is 0.627 bits per heavy atom. The van der Waals surface area contributed by atoms with Crippen molar-refractivity contribution in [2.45, 2.75) is 405 Å². The molecule has 2 unspecified atom stereocenters. The fourth-order valence-electron chi connectivity index (χ4n) is 11.1. The molecule has 0 saturated heterocycles. The summed E-state index contributed by atoms with van der Waals surface area (Å²) in [6.07, 6.45) is 79.6. The molecule has 0 radical (unpaired) electrons. The average Bonchev–Trinajstić information content (AvgIpc) is 3.41. The summed E-state index contributed by atoms with van der Waals surface area (Å²) in [6.45, 7) is 4.96. The minimum Gasteiger partial charge on any atom is -0.466 e. The van der Waals surface area contributed by atoms with E-state index < -0.39 is 12.1 Å². The number of hydrogen-bond donors (Lipinski definition) is 3. The van der Waals surface area contributed by atoms with Gasteiger partial charge < -0.3 is 20.3 Å². The summed E-state index contributed by atoms with van der Waals surface area (Å²) in [4.78, 5) is 24.6. The van der Waals surface area contributed by atoms with E-state index in [4.69, 9.17) is 4.74 Å². The van der Waals surface area contributed by atoms with Crippen LogP contribution in [0.2, 0.25) is 0 Å². The van der Waals surface area contributed by atoms with Crippen molar-refractivity contribution in [1.29, 1.82) is 0 Å². The molecule has 0 aromatic rings. The average molecular weight is 1060 g/mol. The molecule has 3 N–H and O–H groups in total. The molecule has 0 fully saturated rings. The Hall–Kier alpha value is -1.40. The third-order valence-corrected chi connectivity index (χ3v) is 16.3. The van der Waals surface area contributed by atoms with Gasteiger partial charge in [0.15, 0.2) is 0 Å². The zero-order valence-corrected chi connectivity index (χ0v) is 51.1. The zero-order valence-electron chi connectivity index (χ0n) is 51.1. The molecule has 0 spiro atoms. The molecule has 6 nitrogen and oxygen atoms in total. The molecular weight excluding hydrogens is 923 g/mol. The molecule has 0 rings (SSSR count). The van der Waals surface area contributed by atoms with Crippen LogP contribution in [0, 0.1) is 0 Å². The second-order valence-corrected chi connectivity index (χ2v) is 23.9. The molecule has 0 heterocycles. The van der Waals surface area contributed by atoms with Crippen LogP contribution in [-0.2, 0) is 14.3 Å². The lowest BCUT2D eigenvalue weighted by Gasteiger charge is -2.22. The fraction of sp³-hybridized carbons (Fsp3) is 0.942. The summed E-state index contributed by atoms with van der Waals surface area (Å²) in [5, 5.41) is 23.4. The number of amides is 1. The SMILES string of the molecule is CCCCC/C=C\CCCCCCCC(=O)OCCCCCCCCCCCCCCCCCCCCCCCCC(=O)NC(CO)C(O)CCCCCCCCCCCCCCCCCCCCCCCCCC. The Morgan fingerprint density at radius 3 is 0.973 bits per heavy atom. The molecule has 6 heteroatoms.